The predicted octanol–water partition coefficient (Wildman–Crippen LogP) is 3.20. The van der Waals surface area contributed by atoms with Crippen LogP contribution in [-0.2, 0) is 15.9 Å². The second-order valence-electron chi connectivity index (χ2n) is 5.24. The van der Waals surface area contributed by atoms with Crippen LogP contribution in [0.2, 0.25) is 0 Å². The molecule has 2 rings (SSSR count). The third kappa shape index (κ3) is 2.61. The molecule has 0 aliphatic carbocycles. The number of halogens is 2. The van der Waals surface area contributed by atoms with Gasteiger partial charge in [0.1, 0.15) is 10.7 Å². The van der Waals surface area contributed by atoms with Gasteiger partial charge in [-0.2, -0.15) is 4.31 Å². The lowest BCUT2D eigenvalue weighted by atomic mass is 9.93. The van der Waals surface area contributed by atoms with Crippen LogP contribution in [0.15, 0.2) is 20.0 Å². The van der Waals surface area contributed by atoms with E-state index < -0.39 is 10.0 Å². The molecule has 0 spiro atoms. The highest BCUT2D eigenvalue weighted by Crippen LogP contribution is 2.35. The van der Waals surface area contributed by atoms with Crippen molar-refractivity contribution in [2.45, 2.75) is 31.0 Å². The van der Waals surface area contributed by atoms with Crippen molar-refractivity contribution in [3.63, 3.8) is 0 Å². The minimum Gasteiger partial charge on any atom is -0.452 e. The first kappa shape index (κ1) is 14.4. The zero-order chi connectivity index (χ0) is 13.6. The molecule has 4 nitrogen and oxygen atoms in total. The Morgan fingerprint density at radius 2 is 2.22 bits per heavy atom. The summed E-state index contributed by atoms with van der Waals surface area (Å²) in [6.45, 7) is 5.21. The smallest absolute Gasteiger partial charge is 0.247 e. The van der Waals surface area contributed by atoms with Gasteiger partial charge in [0.2, 0.25) is 10.0 Å². The number of nitrogens with zero attached hydrogens (tertiary/aromatic N) is 1. The second-order valence-corrected chi connectivity index (χ2v) is 8.13. The predicted molar refractivity (Wildman–Crippen MR) is 73.1 cm³/mol. The molecule has 1 aliphatic heterocycles. The summed E-state index contributed by atoms with van der Waals surface area (Å²) < 4.78 is 31.9. The number of alkyl halides is 1. The minimum atomic E-state index is -3.50. The fourth-order valence-electron chi connectivity index (χ4n) is 2.05. The molecule has 2 heterocycles. The van der Waals surface area contributed by atoms with Crippen molar-refractivity contribution in [2.24, 2.45) is 5.41 Å². The first-order valence-electron chi connectivity index (χ1n) is 5.60. The molecule has 0 saturated carbocycles. The summed E-state index contributed by atoms with van der Waals surface area (Å²) in [5, 5.41) is 0. The monoisotopic (exact) mass is 355 g/mol. The van der Waals surface area contributed by atoms with Gasteiger partial charge < -0.3 is 4.42 Å². The number of sulfonamides is 1. The first-order valence-corrected chi connectivity index (χ1v) is 8.37. The fraction of sp³-hybridized carbons (Fsp3) is 0.636. The molecule has 18 heavy (non-hydrogen) atoms. The van der Waals surface area contributed by atoms with Crippen LogP contribution < -0.4 is 0 Å². The van der Waals surface area contributed by atoms with Gasteiger partial charge in [-0.05, 0) is 27.8 Å². The molecule has 0 radical (unpaired) electrons. The highest BCUT2D eigenvalue weighted by Gasteiger charge is 2.38. The SMILES string of the molecule is CC1(C)CCN(S(=O)(=O)c2cc(CCl)oc2Br)C1. The molecule has 1 aromatic rings. The Hall–Kier alpha value is -0.0400. The van der Waals surface area contributed by atoms with Gasteiger partial charge in [-0.3, -0.25) is 0 Å². The fourth-order valence-corrected chi connectivity index (χ4v) is 4.77. The van der Waals surface area contributed by atoms with Crippen LogP contribution in [0, 0.1) is 5.41 Å². The van der Waals surface area contributed by atoms with E-state index in [1.807, 2.05) is 0 Å². The van der Waals surface area contributed by atoms with E-state index in [1.54, 1.807) is 0 Å². The van der Waals surface area contributed by atoms with Crippen molar-refractivity contribution in [3.05, 3.63) is 16.5 Å². The highest BCUT2D eigenvalue weighted by atomic mass is 79.9. The van der Waals surface area contributed by atoms with E-state index in [2.05, 4.69) is 29.8 Å². The molecule has 0 bridgehead atoms. The summed E-state index contributed by atoms with van der Waals surface area (Å²) >= 11 is 8.78. The van der Waals surface area contributed by atoms with Gasteiger partial charge in [-0.1, -0.05) is 13.8 Å². The average molecular weight is 357 g/mol. The Balaban J connectivity index is 2.34. The van der Waals surface area contributed by atoms with E-state index in [0.717, 1.165) is 6.42 Å². The van der Waals surface area contributed by atoms with Gasteiger partial charge >= 0.3 is 0 Å². The lowest BCUT2D eigenvalue weighted by Gasteiger charge is -2.19. The van der Waals surface area contributed by atoms with Gasteiger partial charge in [-0.25, -0.2) is 8.42 Å². The highest BCUT2D eigenvalue weighted by molar-refractivity contribution is 9.10. The third-order valence-electron chi connectivity index (χ3n) is 3.10. The molecular formula is C11H15BrClNO3S. The summed E-state index contributed by atoms with van der Waals surface area (Å²) in [5.41, 5.74) is 0.0264. The first-order chi connectivity index (χ1) is 8.26. The number of rotatable bonds is 3. The number of hydrogen-bond donors (Lipinski definition) is 0. The zero-order valence-electron chi connectivity index (χ0n) is 10.2. The molecule has 0 unspecified atom stereocenters. The summed E-state index contributed by atoms with van der Waals surface area (Å²) in [6.07, 6.45) is 0.865. The van der Waals surface area contributed by atoms with Crippen LogP contribution in [0.3, 0.4) is 0 Å². The van der Waals surface area contributed by atoms with Gasteiger partial charge in [-0.15, -0.1) is 11.6 Å². The maximum atomic E-state index is 12.5. The Kier molecular flexibility index (Phi) is 3.84. The van der Waals surface area contributed by atoms with Gasteiger partial charge in [0.05, 0.1) is 5.88 Å². The summed E-state index contributed by atoms with van der Waals surface area (Å²) in [5.74, 6) is 0.597. The Morgan fingerprint density at radius 3 is 2.67 bits per heavy atom. The van der Waals surface area contributed by atoms with Crippen LogP contribution in [0.4, 0.5) is 0 Å². The second kappa shape index (κ2) is 4.81. The molecule has 1 aromatic heterocycles. The van der Waals surface area contributed by atoms with Crippen LogP contribution in [0.1, 0.15) is 26.0 Å². The summed E-state index contributed by atoms with van der Waals surface area (Å²) in [4.78, 5) is 0.163. The van der Waals surface area contributed by atoms with Crippen molar-refractivity contribution in [1.82, 2.24) is 4.31 Å². The van der Waals surface area contributed by atoms with Crippen LogP contribution in [0.5, 0.6) is 0 Å². The van der Waals surface area contributed by atoms with Crippen LogP contribution in [-0.4, -0.2) is 25.8 Å². The zero-order valence-corrected chi connectivity index (χ0v) is 13.4. The molecular weight excluding hydrogens is 342 g/mol. The Bertz CT molecular complexity index is 553. The largest absolute Gasteiger partial charge is 0.452 e. The number of hydrogen-bond acceptors (Lipinski definition) is 3. The van der Waals surface area contributed by atoms with Crippen LogP contribution >= 0.6 is 27.5 Å². The molecule has 0 N–H and O–H groups in total. The summed E-state index contributed by atoms with van der Waals surface area (Å²) in [6, 6.07) is 1.48. The molecule has 0 atom stereocenters. The van der Waals surface area contributed by atoms with Crippen LogP contribution in [0.25, 0.3) is 0 Å². The summed E-state index contributed by atoms with van der Waals surface area (Å²) in [7, 11) is -3.50. The topological polar surface area (TPSA) is 50.5 Å². The van der Waals surface area contributed by atoms with E-state index in [0.29, 0.717) is 18.8 Å². The number of furan rings is 1. The average Bonchev–Trinajstić information content (AvgIpc) is 2.82. The van der Waals surface area contributed by atoms with Crippen molar-refractivity contribution in [1.29, 1.82) is 0 Å². The van der Waals surface area contributed by atoms with Gasteiger partial charge in [0.15, 0.2) is 4.67 Å². The molecule has 7 heteroatoms. The van der Waals surface area contributed by atoms with E-state index in [-0.39, 0.29) is 20.9 Å². The van der Waals surface area contributed by atoms with Crippen molar-refractivity contribution in [3.8, 4) is 0 Å². The molecule has 0 amide bonds. The van der Waals surface area contributed by atoms with E-state index >= 15 is 0 Å². The molecule has 1 aliphatic rings. The quantitative estimate of drug-likeness (QED) is 0.781. The Labute approximate surface area is 120 Å². The standard InChI is InChI=1S/C11H15BrClNO3S/c1-11(2)3-4-14(7-11)18(15,16)9-5-8(6-13)17-10(9)12/h5H,3-4,6-7H2,1-2H3. The molecule has 1 saturated heterocycles. The lowest BCUT2D eigenvalue weighted by Crippen LogP contribution is -2.30. The van der Waals surface area contributed by atoms with Crippen molar-refractivity contribution in [2.75, 3.05) is 13.1 Å². The van der Waals surface area contributed by atoms with Gasteiger partial charge in [0.25, 0.3) is 0 Å². The molecule has 0 aromatic carbocycles. The Morgan fingerprint density at radius 1 is 1.56 bits per heavy atom. The molecule has 1 fully saturated rings. The van der Waals surface area contributed by atoms with E-state index in [4.69, 9.17) is 16.0 Å². The molecule has 102 valence electrons. The lowest BCUT2D eigenvalue weighted by molar-refractivity contribution is 0.375. The normalized spacial score (nSPS) is 20.4. The maximum Gasteiger partial charge on any atom is 0.247 e. The minimum absolute atomic E-state index is 0.0264. The maximum absolute atomic E-state index is 12.5. The van der Waals surface area contributed by atoms with E-state index in [9.17, 15) is 8.42 Å². The van der Waals surface area contributed by atoms with Crippen molar-refractivity contribution >= 4 is 37.6 Å². The third-order valence-corrected chi connectivity index (χ3v) is 6.06. The van der Waals surface area contributed by atoms with Crippen molar-refractivity contribution < 1.29 is 12.8 Å². The van der Waals surface area contributed by atoms with E-state index in [1.165, 1.54) is 10.4 Å². The van der Waals surface area contributed by atoms with Gasteiger partial charge in [0, 0.05) is 19.2 Å².